The quantitative estimate of drug-likeness (QED) is 0.841. The van der Waals surface area contributed by atoms with E-state index in [-0.39, 0.29) is 4.90 Å². The largest absolute Gasteiger partial charge is 0.282 e. The lowest BCUT2D eigenvalue weighted by Gasteiger charge is -2.30. The van der Waals surface area contributed by atoms with Crippen LogP contribution in [0.15, 0.2) is 29.2 Å². The van der Waals surface area contributed by atoms with Gasteiger partial charge in [0, 0.05) is 26.2 Å². The Hall–Kier alpha value is -1.00. The third kappa shape index (κ3) is 4.34. The molecule has 1 aliphatic heterocycles. The number of primary sulfonamides is 1. The molecule has 0 bridgehead atoms. The van der Waals surface area contributed by atoms with Crippen LogP contribution in [0.3, 0.4) is 0 Å². The molecule has 2 rings (SSSR count). The van der Waals surface area contributed by atoms with E-state index in [4.69, 9.17) is 5.14 Å². The van der Waals surface area contributed by atoms with Crippen molar-refractivity contribution in [1.29, 1.82) is 0 Å². The normalized spacial score (nSPS) is 19.2. The van der Waals surface area contributed by atoms with Crippen LogP contribution < -0.4 is 5.14 Å². The van der Waals surface area contributed by atoms with Crippen molar-refractivity contribution in [2.45, 2.75) is 43.5 Å². The van der Waals surface area contributed by atoms with Crippen LogP contribution >= 0.6 is 0 Å². The van der Waals surface area contributed by atoms with Gasteiger partial charge in [-0.3, -0.25) is 0 Å². The molecule has 1 unspecified atom stereocenters. The number of nitrogens with two attached hydrogens (primary N) is 1. The lowest BCUT2D eigenvalue weighted by atomic mass is 10.1. The van der Waals surface area contributed by atoms with E-state index >= 15 is 0 Å². The van der Waals surface area contributed by atoms with Crippen molar-refractivity contribution >= 4 is 20.2 Å². The lowest BCUT2D eigenvalue weighted by molar-refractivity contribution is 0.332. The fraction of sp³-hybridized carbons (Fsp3) is 0.600. The zero-order valence-electron chi connectivity index (χ0n) is 14.1. The first-order valence-electron chi connectivity index (χ1n) is 8.00. The van der Waals surface area contributed by atoms with Gasteiger partial charge in [-0.15, -0.1) is 0 Å². The van der Waals surface area contributed by atoms with Crippen LogP contribution in [0.1, 0.15) is 44.2 Å². The standard InChI is InChI=1S/C15H25N3O4S2/c1-13(14-7-9-15(10-8-14)23(16,19)20)17(2)24(21,22)18-11-5-3-4-6-12-18/h7-10,13H,3-6,11-12H2,1-2H3,(H2,16,19,20). The van der Waals surface area contributed by atoms with Gasteiger partial charge in [0.2, 0.25) is 10.0 Å². The molecular weight excluding hydrogens is 350 g/mol. The van der Waals surface area contributed by atoms with Gasteiger partial charge in [0.25, 0.3) is 10.2 Å². The Kier molecular flexibility index (Phi) is 6.03. The Bertz CT molecular complexity index is 752. The number of sulfonamides is 1. The first-order valence-corrected chi connectivity index (χ1v) is 10.9. The van der Waals surface area contributed by atoms with E-state index in [0.717, 1.165) is 25.7 Å². The van der Waals surface area contributed by atoms with Gasteiger partial charge in [0.05, 0.1) is 4.90 Å². The first kappa shape index (κ1) is 19.3. The summed E-state index contributed by atoms with van der Waals surface area (Å²) in [6.45, 7) is 2.87. The van der Waals surface area contributed by atoms with E-state index in [1.807, 2.05) is 0 Å². The Morgan fingerprint density at radius 1 is 1.00 bits per heavy atom. The highest BCUT2D eigenvalue weighted by Crippen LogP contribution is 2.25. The highest BCUT2D eigenvalue weighted by atomic mass is 32.2. The van der Waals surface area contributed by atoms with Gasteiger partial charge < -0.3 is 0 Å². The molecule has 24 heavy (non-hydrogen) atoms. The fourth-order valence-corrected chi connectivity index (χ4v) is 4.92. The van der Waals surface area contributed by atoms with Crippen molar-refractivity contribution in [3.05, 3.63) is 29.8 Å². The van der Waals surface area contributed by atoms with Crippen LogP contribution in [0.25, 0.3) is 0 Å². The molecule has 2 N–H and O–H groups in total. The van der Waals surface area contributed by atoms with Crippen molar-refractivity contribution in [3.63, 3.8) is 0 Å². The summed E-state index contributed by atoms with van der Waals surface area (Å²) >= 11 is 0. The maximum absolute atomic E-state index is 12.8. The highest BCUT2D eigenvalue weighted by molar-refractivity contribution is 7.89. The lowest BCUT2D eigenvalue weighted by Crippen LogP contribution is -2.43. The van der Waals surface area contributed by atoms with E-state index in [1.165, 1.54) is 20.7 Å². The minimum absolute atomic E-state index is 0.0106. The second-order valence-corrected chi connectivity index (χ2v) is 9.68. The Balaban J connectivity index is 2.20. The molecule has 1 aliphatic rings. The molecular formula is C15H25N3O4S2. The van der Waals surface area contributed by atoms with Gasteiger partial charge in [-0.25, -0.2) is 13.6 Å². The molecule has 1 atom stereocenters. The second-order valence-electron chi connectivity index (χ2n) is 6.13. The minimum Gasteiger partial charge on any atom is -0.225 e. The molecule has 1 saturated heterocycles. The number of hydrogen-bond donors (Lipinski definition) is 1. The van der Waals surface area contributed by atoms with Crippen LogP contribution in [0, 0.1) is 0 Å². The zero-order chi connectivity index (χ0) is 18.0. The topological polar surface area (TPSA) is 101 Å². The van der Waals surface area contributed by atoms with E-state index in [0.29, 0.717) is 18.7 Å². The van der Waals surface area contributed by atoms with Crippen LogP contribution in [0.4, 0.5) is 0 Å². The van der Waals surface area contributed by atoms with Crippen LogP contribution in [0.2, 0.25) is 0 Å². The SMILES string of the molecule is CC(c1ccc(S(N)(=O)=O)cc1)N(C)S(=O)(=O)N1CCCCCC1. The number of rotatable bonds is 5. The van der Waals surface area contributed by atoms with E-state index in [1.54, 1.807) is 26.1 Å². The van der Waals surface area contributed by atoms with Gasteiger partial charge in [-0.1, -0.05) is 25.0 Å². The Morgan fingerprint density at radius 2 is 1.50 bits per heavy atom. The molecule has 1 fully saturated rings. The van der Waals surface area contributed by atoms with Crippen molar-refractivity contribution < 1.29 is 16.8 Å². The average Bonchev–Trinajstić information content (AvgIpc) is 2.82. The zero-order valence-corrected chi connectivity index (χ0v) is 15.7. The summed E-state index contributed by atoms with van der Waals surface area (Å²) in [5, 5.41) is 5.08. The number of benzene rings is 1. The molecule has 0 aromatic heterocycles. The monoisotopic (exact) mass is 375 g/mol. The third-order valence-electron chi connectivity index (χ3n) is 4.49. The summed E-state index contributed by atoms with van der Waals surface area (Å²) < 4.78 is 51.1. The van der Waals surface area contributed by atoms with Gasteiger partial charge in [-0.05, 0) is 37.5 Å². The third-order valence-corrected chi connectivity index (χ3v) is 7.48. The molecule has 7 nitrogen and oxygen atoms in total. The van der Waals surface area contributed by atoms with Gasteiger partial charge in [-0.2, -0.15) is 17.0 Å². The molecule has 1 aromatic rings. The second kappa shape index (κ2) is 7.49. The van der Waals surface area contributed by atoms with Crippen molar-refractivity contribution in [3.8, 4) is 0 Å². The van der Waals surface area contributed by atoms with E-state index < -0.39 is 26.3 Å². The van der Waals surface area contributed by atoms with Gasteiger partial charge >= 0.3 is 0 Å². The van der Waals surface area contributed by atoms with E-state index in [2.05, 4.69) is 0 Å². The highest BCUT2D eigenvalue weighted by Gasteiger charge is 2.31. The Morgan fingerprint density at radius 3 is 1.96 bits per heavy atom. The molecule has 0 spiro atoms. The molecule has 0 radical (unpaired) electrons. The predicted molar refractivity (Wildman–Crippen MR) is 93.0 cm³/mol. The summed E-state index contributed by atoms with van der Waals surface area (Å²) in [4.78, 5) is 0.0106. The molecule has 1 heterocycles. The van der Waals surface area contributed by atoms with Crippen LogP contribution in [-0.4, -0.2) is 45.6 Å². The minimum atomic E-state index is -3.76. The van der Waals surface area contributed by atoms with Crippen LogP contribution in [0.5, 0.6) is 0 Å². The molecule has 136 valence electrons. The summed E-state index contributed by atoms with van der Waals surface area (Å²) in [5.41, 5.74) is 0.711. The first-order chi connectivity index (χ1) is 11.1. The number of hydrogen-bond acceptors (Lipinski definition) is 4. The van der Waals surface area contributed by atoms with Crippen molar-refractivity contribution in [2.24, 2.45) is 5.14 Å². The predicted octanol–water partition coefficient (Wildman–Crippen LogP) is 1.45. The van der Waals surface area contributed by atoms with Gasteiger partial charge in [0.15, 0.2) is 0 Å². The van der Waals surface area contributed by atoms with Crippen molar-refractivity contribution in [2.75, 3.05) is 20.1 Å². The fourth-order valence-electron chi connectivity index (χ4n) is 2.80. The Labute approximate surface area is 144 Å². The smallest absolute Gasteiger partial charge is 0.225 e. The summed E-state index contributed by atoms with van der Waals surface area (Å²) in [6.07, 6.45) is 3.87. The average molecular weight is 376 g/mol. The molecule has 0 amide bonds. The van der Waals surface area contributed by atoms with Gasteiger partial charge in [0.1, 0.15) is 0 Å². The maximum Gasteiger partial charge on any atom is 0.282 e. The number of nitrogens with zero attached hydrogens (tertiary/aromatic N) is 2. The molecule has 0 aliphatic carbocycles. The molecule has 1 aromatic carbocycles. The van der Waals surface area contributed by atoms with Crippen LogP contribution in [-0.2, 0) is 20.2 Å². The molecule has 0 saturated carbocycles. The molecule has 9 heteroatoms. The summed E-state index contributed by atoms with van der Waals surface area (Å²) in [6, 6.07) is 5.58. The summed E-state index contributed by atoms with van der Waals surface area (Å²) in [7, 11) is -5.75. The summed E-state index contributed by atoms with van der Waals surface area (Å²) in [5.74, 6) is 0. The maximum atomic E-state index is 12.8. The van der Waals surface area contributed by atoms with Crippen molar-refractivity contribution in [1.82, 2.24) is 8.61 Å². The van der Waals surface area contributed by atoms with E-state index in [9.17, 15) is 16.8 Å².